The zero-order valence-electron chi connectivity index (χ0n) is 22.8. The average molecular weight is 529 g/mol. The maximum atomic E-state index is 5.51. The molecule has 0 fully saturated rings. The summed E-state index contributed by atoms with van der Waals surface area (Å²) in [5, 5.41) is 2.72. The number of benzene rings is 5. The van der Waals surface area contributed by atoms with Crippen LogP contribution in [0.5, 0.6) is 11.5 Å². The summed E-state index contributed by atoms with van der Waals surface area (Å²) in [5.41, 5.74) is 7.90. The lowest BCUT2D eigenvalue weighted by molar-refractivity contribution is 0.414. The predicted octanol–water partition coefficient (Wildman–Crippen LogP) is 8.88. The maximum Gasteiger partial charge on any atom is 0.118 e. The zero-order valence-corrected chi connectivity index (χ0v) is 23.6. The van der Waals surface area contributed by atoms with Gasteiger partial charge in [-0.1, -0.05) is 78.9 Å². The average Bonchev–Trinajstić information content (AvgIpc) is 3.24. The second-order valence-corrected chi connectivity index (χ2v) is 14.4. The van der Waals surface area contributed by atoms with Crippen molar-refractivity contribution in [1.29, 1.82) is 0 Å². The quantitative estimate of drug-likeness (QED) is 0.232. The van der Waals surface area contributed by atoms with Crippen molar-refractivity contribution in [3.63, 3.8) is 0 Å². The van der Waals surface area contributed by atoms with E-state index >= 15 is 0 Å². The molecule has 2 nitrogen and oxygen atoms in total. The number of fused-ring (bicyclic) bond motifs is 8. The van der Waals surface area contributed by atoms with E-state index in [9.17, 15) is 0 Å². The Bertz CT molecular complexity index is 1710. The fourth-order valence-electron chi connectivity index (χ4n) is 6.80. The molecule has 5 aromatic carbocycles. The van der Waals surface area contributed by atoms with Gasteiger partial charge in [0.15, 0.2) is 0 Å². The molecule has 194 valence electrons. The number of hydrogen-bond acceptors (Lipinski definition) is 2. The molecule has 1 aliphatic carbocycles. The minimum Gasteiger partial charge on any atom is -0.497 e. The Morgan fingerprint density at radius 3 is 1.85 bits per heavy atom. The van der Waals surface area contributed by atoms with Gasteiger partial charge in [-0.05, 0) is 87.9 Å². The van der Waals surface area contributed by atoms with Gasteiger partial charge in [0, 0.05) is 20.8 Å². The molecule has 1 heterocycles. The summed E-state index contributed by atoms with van der Waals surface area (Å²) in [6.07, 6.45) is 10.7. The monoisotopic (exact) mass is 528 g/mol. The molecular formula is C36H32O2S. The highest BCUT2D eigenvalue weighted by molar-refractivity contribution is 8.33. The van der Waals surface area contributed by atoms with E-state index in [-0.39, 0.29) is 5.41 Å². The Morgan fingerprint density at radius 1 is 0.667 bits per heavy atom. The van der Waals surface area contributed by atoms with Crippen molar-refractivity contribution in [2.45, 2.75) is 21.6 Å². The molecule has 1 aliphatic heterocycles. The molecule has 7 rings (SSSR count). The van der Waals surface area contributed by atoms with Gasteiger partial charge in [0.25, 0.3) is 0 Å². The van der Waals surface area contributed by atoms with Gasteiger partial charge in [-0.15, -0.1) is 0 Å². The van der Waals surface area contributed by atoms with Crippen LogP contribution in [0.1, 0.15) is 22.3 Å². The number of methoxy groups -OCH3 is 2. The molecule has 0 atom stereocenters. The van der Waals surface area contributed by atoms with Crippen LogP contribution < -0.4 is 9.47 Å². The first-order chi connectivity index (χ1) is 19.0. The fraction of sp³-hybridized carbons (Fsp3) is 0.167. The van der Waals surface area contributed by atoms with Gasteiger partial charge in [-0.3, -0.25) is 0 Å². The Labute approximate surface area is 232 Å². The Hall–Kier alpha value is -3.95. The van der Waals surface area contributed by atoms with Crippen LogP contribution in [-0.4, -0.2) is 26.7 Å². The number of ether oxygens (including phenoxy) is 2. The van der Waals surface area contributed by atoms with E-state index in [4.69, 9.17) is 9.47 Å². The number of allylic oxidation sites excluding steroid dienone is 1. The Balaban J connectivity index is 1.52. The van der Waals surface area contributed by atoms with Gasteiger partial charge in [0.1, 0.15) is 11.5 Å². The van der Waals surface area contributed by atoms with Crippen LogP contribution in [0.4, 0.5) is 0 Å². The second kappa shape index (κ2) is 8.79. The summed E-state index contributed by atoms with van der Waals surface area (Å²) >= 11 is 0. The molecule has 0 aromatic heterocycles. The first-order valence-corrected chi connectivity index (χ1v) is 15.8. The molecule has 39 heavy (non-hydrogen) atoms. The molecule has 0 amide bonds. The normalized spacial score (nSPS) is 16.7. The lowest BCUT2D eigenvalue weighted by atomic mass is 9.66. The third kappa shape index (κ3) is 3.43. The van der Waals surface area contributed by atoms with Crippen LogP contribution in [0, 0.1) is 0 Å². The third-order valence-electron chi connectivity index (χ3n) is 8.74. The van der Waals surface area contributed by atoms with Crippen LogP contribution in [-0.2, 0) is 11.8 Å². The standard InChI is InChI=1S/C36H32O2S/c1-37-26-17-13-24(14-18-26)36(25-15-19-27(38-2)20-16-25)22-21-30-32(23-36)28-9-5-6-10-29(28)34-31-11-7-8-12-33(31)39(3,4)35(30)34/h5-22H,23H2,1-4H3. The highest BCUT2D eigenvalue weighted by Gasteiger charge is 2.41. The second-order valence-electron chi connectivity index (χ2n) is 10.9. The van der Waals surface area contributed by atoms with E-state index < -0.39 is 10.0 Å². The lowest BCUT2D eigenvalue weighted by Gasteiger charge is -2.39. The van der Waals surface area contributed by atoms with E-state index in [0.29, 0.717) is 0 Å². The van der Waals surface area contributed by atoms with Gasteiger partial charge in [0.05, 0.1) is 14.2 Å². The summed E-state index contributed by atoms with van der Waals surface area (Å²) in [5.74, 6) is 1.74. The van der Waals surface area contributed by atoms with Gasteiger partial charge < -0.3 is 9.47 Å². The molecule has 0 radical (unpaired) electrons. The van der Waals surface area contributed by atoms with Crippen molar-refractivity contribution in [3.05, 3.63) is 125 Å². The van der Waals surface area contributed by atoms with Crippen LogP contribution >= 0.6 is 10.0 Å². The van der Waals surface area contributed by atoms with E-state index in [1.54, 1.807) is 14.2 Å². The summed E-state index contributed by atoms with van der Waals surface area (Å²) in [6, 6.07) is 35.3. The smallest absolute Gasteiger partial charge is 0.118 e. The minimum absolute atomic E-state index is 0.312. The van der Waals surface area contributed by atoms with Crippen molar-refractivity contribution < 1.29 is 9.47 Å². The molecule has 0 N–H and O–H groups in total. The van der Waals surface area contributed by atoms with E-state index in [0.717, 1.165) is 17.9 Å². The SMILES string of the molecule is COc1ccc(C2(c3ccc(OC)cc3)C=Cc3c4c(c5ccccc5c3C2)-c2ccccc2S4(C)C)cc1. The largest absolute Gasteiger partial charge is 0.497 e. The molecule has 0 bridgehead atoms. The van der Waals surface area contributed by atoms with Crippen molar-refractivity contribution in [2.24, 2.45) is 0 Å². The Morgan fingerprint density at radius 2 is 1.23 bits per heavy atom. The topological polar surface area (TPSA) is 18.5 Å². The first kappa shape index (κ1) is 24.1. The van der Waals surface area contributed by atoms with Crippen LogP contribution in [0.15, 0.2) is 113 Å². The Kier molecular flexibility index (Phi) is 5.43. The molecule has 0 saturated carbocycles. The van der Waals surface area contributed by atoms with Gasteiger partial charge in [-0.2, -0.15) is 10.0 Å². The first-order valence-electron chi connectivity index (χ1n) is 13.4. The molecule has 0 spiro atoms. The van der Waals surface area contributed by atoms with Gasteiger partial charge in [0.2, 0.25) is 0 Å². The van der Waals surface area contributed by atoms with E-state index in [2.05, 4.69) is 122 Å². The van der Waals surface area contributed by atoms with Crippen LogP contribution in [0.2, 0.25) is 0 Å². The van der Waals surface area contributed by atoms with Crippen molar-refractivity contribution >= 4 is 26.9 Å². The maximum absolute atomic E-state index is 5.51. The highest BCUT2D eigenvalue weighted by Crippen LogP contribution is 2.70. The van der Waals surface area contributed by atoms with Crippen molar-refractivity contribution in [1.82, 2.24) is 0 Å². The summed E-state index contributed by atoms with van der Waals surface area (Å²) < 4.78 is 11.0. The lowest BCUT2D eigenvalue weighted by Crippen LogP contribution is -2.31. The summed E-state index contributed by atoms with van der Waals surface area (Å²) in [6.45, 7) is 0. The predicted molar refractivity (Wildman–Crippen MR) is 165 cm³/mol. The van der Waals surface area contributed by atoms with E-state index in [1.807, 2.05) is 0 Å². The van der Waals surface area contributed by atoms with Crippen LogP contribution in [0.25, 0.3) is 28.0 Å². The third-order valence-corrected chi connectivity index (χ3v) is 11.6. The van der Waals surface area contributed by atoms with Crippen LogP contribution in [0.3, 0.4) is 0 Å². The molecular weight excluding hydrogens is 496 g/mol. The van der Waals surface area contributed by atoms with Gasteiger partial charge in [-0.25, -0.2) is 0 Å². The van der Waals surface area contributed by atoms with Crippen molar-refractivity contribution in [2.75, 3.05) is 26.7 Å². The minimum atomic E-state index is -1.17. The van der Waals surface area contributed by atoms with E-state index in [1.165, 1.54) is 53.9 Å². The number of hydrogen-bond donors (Lipinski definition) is 0. The molecule has 2 aliphatic rings. The summed E-state index contributed by atoms with van der Waals surface area (Å²) in [7, 11) is 2.28. The molecule has 0 unspecified atom stereocenters. The van der Waals surface area contributed by atoms with Gasteiger partial charge >= 0.3 is 0 Å². The molecule has 0 saturated heterocycles. The molecule has 5 aromatic rings. The highest BCUT2D eigenvalue weighted by atomic mass is 32.3. The van der Waals surface area contributed by atoms with Crippen molar-refractivity contribution in [3.8, 4) is 22.6 Å². The molecule has 3 heteroatoms. The summed E-state index contributed by atoms with van der Waals surface area (Å²) in [4.78, 5) is 3.03. The number of rotatable bonds is 4. The zero-order chi connectivity index (χ0) is 26.8. The fourth-order valence-corrected chi connectivity index (χ4v) is 9.63.